The molecule has 4 heteroatoms. The molecule has 1 unspecified atom stereocenters. The molecule has 0 fully saturated rings. The first kappa shape index (κ1) is 13.1. The predicted octanol–water partition coefficient (Wildman–Crippen LogP) is 1.71. The molecule has 0 bridgehead atoms. The van der Waals surface area contributed by atoms with Gasteiger partial charge in [-0.2, -0.15) is 0 Å². The van der Waals surface area contributed by atoms with Crippen LogP contribution in [0.3, 0.4) is 0 Å². The normalized spacial score (nSPS) is 13.1. The Labute approximate surface area is 97.2 Å². The van der Waals surface area contributed by atoms with Gasteiger partial charge in [0.05, 0.1) is 0 Å². The van der Waals surface area contributed by atoms with Crippen molar-refractivity contribution in [3.63, 3.8) is 0 Å². The summed E-state index contributed by atoms with van der Waals surface area (Å²) in [5, 5.41) is 0. The van der Waals surface area contributed by atoms with Crippen molar-refractivity contribution in [3.05, 3.63) is 23.8 Å². The lowest BCUT2D eigenvalue weighted by Crippen LogP contribution is -2.15. The highest BCUT2D eigenvalue weighted by atomic mass is 16.5. The number of ether oxygens (including phenoxy) is 1. The summed E-state index contributed by atoms with van der Waals surface area (Å²) in [6.07, 6.45) is 4.48. The Kier molecular flexibility index (Phi) is 5.35. The summed E-state index contributed by atoms with van der Waals surface area (Å²) < 4.78 is 5.64. The van der Waals surface area contributed by atoms with E-state index in [1.165, 1.54) is 0 Å². The Bertz CT molecular complexity index is 298. The van der Waals surface area contributed by atoms with Crippen LogP contribution in [0.15, 0.2) is 12.4 Å². The zero-order valence-electron chi connectivity index (χ0n) is 10.3. The van der Waals surface area contributed by atoms with Crippen molar-refractivity contribution < 1.29 is 4.74 Å². The van der Waals surface area contributed by atoms with Gasteiger partial charge in [0.2, 0.25) is 0 Å². The molecule has 0 saturated carbocycles. The molecule has 0 saturated heterocycles. The van der Waals surface area contributed by atoms with Crippen molar-refractivity contribution >= 4 is 0 Å². The average molecular weight is 223 g/mol. The summed E-state index contributed by atoms with van der Waals surface area (Å²) in [7, 11) is 0. The van der Waals surface area contributed by atoms with E-state index >= 15 is 0 Å². The molecular weight excluding hydrogens is 202 g/mol. The summed E-state index contributed by atoms with van der Waals surface area (Å²) in [6.45, 7) is 7.51. The fraction of sp³-hybridized carbons (Fsp3) is 0.667. The van der Waals surface area contributed by atoms with E-state index in [0.717, 1.165) is 17.8 Å². The molecule has 90 valence electrons. The molecule has 0 aliphatic rings. The Morgan fingerprint density at radius 2 is 1.94 bits per heavy atom. The highest BCUT2D eigenvalue weighted by Crippen LogP contribution is 2.22. The van der Waals surface area contributed by atoms with Crippen LogP contribution in [-0.4, -0.2) is 23.1 Å². The number of nitrogens with zero attached hydrogens (tertiary/aromatic N) is 2. The van der Waals surface area contributed by atoms with Crippen LogP contribution in [0, 0.1) is 5.92 Å². The van der Waals surface area contributed by atoms with Crippen LogP contribution < -0.4 is 5.73 Å². The zero-order chi connectivity index (χ0) is 12.0. The van der Waals surface area contributed by atoms with Crippen molar-refractivity contribution in [3.8, 4) is 0 Å². The molecule has 1 heterocycles. The van der Waals surface area contributed by atoms with Gasteiger partial charge in [-0.3, -0.25) is 0 Å². The van der Waals surface area contributed by atoms with E-state index in [2.05, 4.69) is 23.8 Å². The van der Waals surface area contributed by atoms with Crippen LogP contribution in [0.5, 0.6) is 0 Å². The van der Waals surface area contributed by atoms with E-state index < -0.39 is 0 Å². The van der Waals surface area contributed by atoms with Crippen molar-refractivity contribution in [2.75, 3.05) is 13.2 Å². The van der Waals surface area contributed by atoms with Crippen molar-refractivity contribution in [1.82, 2.24) is 9.97 Å². The highest BCUT2D eigenvalue weighted by Gasteiger charge is 2.18. The monoisotopic (exact) mass is 223 g/mol. The third-order valence-electron chi connectivity index (χ3n) is 2.36. The molecule has 0 aliphatic heterocycles. The molecule has 16 heavy (non-hydrogen) atoms. The zero-order valence-corrected chi connectivity index (χ0v) is 10.3. The molecule has 4 nitrogen and oxygen atoms in total. The molecule has 2 N–H and O–H groups in total. The van der Waals surface area contributed by atoms with Gasteiger partial charge in [0, 0.05) is 19.0 Å². The first-order valence-electron chi connectivity index (χ1n) is 5.81. The van der Waals surface area contributed by atoms with E-state index in [9.17, 15) is 0 Å². The Morgan fingerprint density at radius 3 is 2.38 bits per heavy atom. The molecule has 0 spiro atoms. The number of hydrogen-bond acceptors (Lipinski definition) is 4. The third kappa shape index (κ3) is 3.54. The smallest absolute Gasteiger partial charge is 0.157 e. The number of rotatable bonds is 6. The number of nitrogens with two attached hydrogens (primary N) is 1. The van der Waals surface area contributed by atoms with E-state index in [4.69, 9.17) is 10.5 Å². The minimum atomic E-state index is -0.0167. The Hall–Kier alpha value is -1.00. The maximum atomic E-state index is 5.64. The van der Waals surface area contributed by atoms with Crippen LogP contribution in [0.25, 0.3) is 0 Å². The summed E-state index contributed by atoms with van der Waals surface area (Å²) in [5.41, 5.74) is 6.55. The lowest BCUT2D eigenvalue weighted by atomic mass is 10.1. The summed E-state index contributed by atoms with van der Waals surface area (Å²) in [4.78, 5) is 8.69. The van der Waals surface area contributed by atoms with Crippen LogP contribution >= 0.6 is 0 Å². The van der Waals surface area contributed by atoms with Crippen molar-refractivity contribution in [1.29, 1.82) is 0 Å². The summed E-state index contributed by atoms with van der Waals surface area (Å²) >= 11 is 0. The molecule has 0 radical (unpaired) electrons. The molecule has 1 atom stereocenters. The second-order valence-corrected chi connectivity index (χ2v) is 4.11. The molecule has 1 aromatic heterocycles. The van der Waals surface area contributed by atoms with Gasteiger partial charge in [-0.25, -0.2) is 9.97 Å². The first-order valence-corrected chi connectivity index (χ1v) is 5.81. The topological polar surface area (TPSA) is 61.0 Å². The summed E-state index contributed by atoms with van der Waals surface area (Å²) in [6, 6.07) is 0. The minimum Gasteiger partial charge on any atom is -0.370 e. The molecule has 1 rings (SSSR count). The largest absolute Gasteiger partial charge is 0.370 e. The van der Waals surface area contributed by atoms with Gasteiger partial charge in [0.15, 0.2) is 5.82 Å². The maximum Gasteiger partial charge on any atom is 0.157 e. The predicted molar refractivity (Wildman–Crippen MR) is 64.0 cm³/mol. The van der Waals surface area contributed by atoms with E-state index in [1.54, 1.807) is 0 Å². The average Bonchev–Trinajstić information content (AvgIpc) is 2.27. The van der Waals surface area contributed by atoms with E-state index in [1.807, 2.05) is 19.3 Å². The molecular formula is C12H21N3O. The third-order valence-corrected chi connectivity index (χ3v) is 2.36. The lowest BCUT2D eigenvalue weighted by Gasteiger charge is -2.19. The fourth-order valence-electron chi connectivity index (χ4n) is 1.55. The van der Waals surface area contributed by atoms with Gasteiger partial charge in [-0.05, 0) is 31.4 Å². The molecule has 1 aromatic rings. The maximum absolute atomic E-state index is 5.64. The highest BCUT2D eigenvalue weighted by molar-refractivity contribution is 5.07. The van der Waals surface area contributed by atoms with Crippen LogP contribution in [0.2, 0.25) is 0 Å². The van der Waals surface area contributed by atoms with Crippen molar-refractivity contribution in [2.45, 2.75) is 33.3 Å². The number of aromatic nitrogens is 2. The van der Waals surface area contributed by atoms with Gasteiger partial charge in [0.25, 0.3) is 0 Å². The molecule has 0 aliphatic carbocycles. The molecule has 0 amide bonds. The van der Waals surface area contributed by atoms with Crippen LogP contribution in [0.4, 0.5) is 0 Å². The van der Waals surface area contributed by atoms with E-state index in [0.29, 0.717) is 19.1 Å². The Balaban J connectivity index is 2.77. The second-order valence-electron chi connectivity index (χ2n) is 4.11. The molecule has 0 aromatic carbocycles. The quantitative estimate of drug-likeness (QED) is 0.797. The van der Waals surface area contributed by atoms with Gasteiger partial charge < -0.3 is 10.5 Å². The van der Waals surface area contributed by atoms with Crippen LogP contribution in [0.1, 0.15) is 38.3 Å². The van der Waals surface area contributed by atoms with Gasteiger partial charge in [0.1, 0.15) is 6.10 Å². The summed E-state index contributed by atoms with van der Waals surface area (Å²) in [5.74, 6) is 1.14. The second kappa shape index (κ2) is 6.55. The standard InChI is InChI=1S/C12H21N3O/c1-4-16-11(9(2)3)12-14-7-10(5-6-13)8-15-12/h7-9,11H,4-6,13H2,1-3H3. The Morgan fingerprint density at radius 1 is 1.31 bits per heavy atom. The van der Waals surface area contributed by atoms with E-state index in [-0.39, 0.29) is 6.10 Å². The van der Waals surface area contributed by atoms with Crippen LogP contribution in [-0.2, 0) is 11.2 Å². The first-order chi connectivity index (χ1) is 7.69. The van der Waals surface area contributed by atoms with Gasteiger partial charge in [-0.1, -0.05) is 13.8 Å². The SMILES string of the molecule is CCOC(c1ncc(CCN)cn1)C(C)C. The number of hydrogen-bond donors (Lipinski definition) is 1. The lowest BCUT2D eigenvalue weighted by molar-refractivity contribution is 0.0231. The van der Waals surface area contributed by atoms with Crippen molar-refractivity contribution in [2.24, 2.45) is 11.7 Å². The van der Waals surface area contributed by atoms with Gasteiger partial charge >= 0.3 is 0 Å². The fourth-order valence-corrected chi connectivity index (χ4v) is 1.55. The van der Waals surface area contributed by atoms with Gasteiger partial charge in [-0.15, -0.1) is 0 Å². The minimum absolute atomic E-state index is 0.0167.